The van der Waals surface area contributed by atoms with Crippen LogP contribution in [-0.2, 0) is 19.1 Å². The Kier molecular flexibility index (Phi) is 3.75. The first-order chi connectivity index (χ1) is 12.7. The zero-order valence-electron chi connectivity index (χ0n) is 16.2. The van der Waals surface area contributed by atoms with Crippen molar-refractivity contribution in [2.45, 2.75) is 65.2 Å². The molecule has 0 amide bonds. The van der Waals surface area contributed by atoms with Crippen molar-refractivity contribution in [3.63, 3.8) is 0 Å². The molecule has 0 atom stereocenters. The Labute approximate surface area is 156 Å². The summed E-state index contributed by atoms with van der Waals surface area (Å²) in [4.78, 5) is 25.3. The zero-order valence-corrected chi connectivity index (χ0v) is 16.2. The van der Waals surface area contributed by atoms with Gasteiger partial charge in [0.25, 0.3) is 0 Å². The molecule has 0 N–H and O–H groups in total. The van der Waals surface area contributed by atoms with Crippen molar-refractivity contribution < 1.29 is 19.1 Å². The summed E-state index contributed by atoms with van der Waals surface area (Å²) >= 11 is 0. The van der Waals surface area contributed by atoms with Crippen molar-refractivity contribution in [2.75, 3.05) is 13.2 Å². The number of carbonyl (C=O) groups excluding carboxylic acids is 2. The van der Waals surface area contributed by atoms with Gasteiger partial charge in [0.05, 0.1) is 24.0 Å². The second-order valence-corrected chi connectivity index (χ2v) is 9.41. The molecule has 0 aromatic heterocycles. The molecule has 0 saturated heterocycles. The highest BCUT2D eigenvalue weighted by atomic mass is 16.5. The highest BCUT2D eigenvalue weighted by Gasteiger charge is 3.13. The Balaban J connectivity index is 1.10. The molecule has 0 aliphatic heterocycles. The lowest BCUT2D eigenvalue weighted by Crippen LogP contribution is -3.12. The minimum atomic E-state index is -0.145. The lowest BCUT2D eigenvalue weighted by atomic mass is 8.92. The molecule has 144 valence electrons. The van der Waals surface area contributed by atoms with Gasteiger partial charge in [-0.3, -0.25) is 9.59 Å². The maximum Gasteiger partial charge on any atom is 0.312 e. The van der Waals surface area contributed by atoms with Crippen LogP contribution in [0, 0.1) is 46.3 Å². The van der Waals surface area contributed by atoms with Crippen LogP contribution in [0.25, 0.3) is 0 Å². The molecule has 0 bridgehead atoms. The standard InChI is InChI=1S/C22H32O4/c1-3-5-7-9-11-25-19(23)21-13-16-14(21)18-15(21)17(13)22(16,18)20(24)26-12-10-8-6-4-2/h13-18H,3-12H2,1-2H3. The van der Waals surface area contributed by atoms with E-state index in [4.69, 9.17) is 9.47 Å². The van der Waals surface area contributed by atoms with Crippen molar-refractivity contribution >= 4 is 11.9 Å². The van der Waals surface area contributed by atoms with Gasteiger partial charge >= 0.3 is 11.9 Å². The van der Waals surface area contributed by atoms with Gasteiger partial charge in [-0.2, -0.15) is 0 Å². The largest absolute Gasteiger partial charge is 0.465 e. The fraction of sp³-hybridized carbons (Fsp3) is 0.909. The molecule has 4 heteroatoms. The predicted molar refractivity (Wildman–Crippen MR) is 96.0 cm³/mol. The number of carbonyl (C=O) groups is 2. The van der Waals surface area contributed by atoms with Crippen LogP contribution in [-0.4, -0.2) is 25.2 Å². The third kappa shape index (κ3) is 1.53. The maximum atomic E-state index is 12.7. The first-order valence-electron chi connectivity index (χ1n) is 11.0. The molecule has 0 radical (unpaired) electrons. The smallest absolute Gasteiger partial charge is 0.312 e. The van der Waals surface area contributed by atoms with Gasteiger partial charge in [0.2, 0.25) is 0 Å². The first-order valence-corrected chi connectivity index (χ1v) is 11.0. The lowest BCUT2D eigenvalue weighted by Gasteiger charge is -3.08. The Morgan fingerprint density at radius 3 is 1.27 bits per heavy atom. The molecule has 6 fully saturated rings. The summed E-state index contributed by atoms with van der Waals surface area (Å²) in [6.45, 7) is 5.54. The third-order valence-electron chi connectivity index (χ3n) is 8.80. The fourth-order valence-electron chi connectivity index (χ4n) is 7.98. The van der Waals surface area contributed by atoms with Crippen LogP contribution in [0.3, 0.4) is 0 Å². The van der Waals surface area contributed by atoms with Crippen LogP contribution in [0.2, 0.25) is 0 Å². The second kappa shape index (κ2) is 5.72. The average Bonchev–Trinajstić information content (AvgIpc) is 2.67. The predicted octanol–water partition coefficient (Wildman–Crippen LogP) is 3.97. The number of esters is 2. The molecule has 0 aromatic rings. The molecule has 4 nitrogen and oxygen atoms in total. The molecule has 26 heavy (non-hydrogen) atoms. The maximum absolute atomic E-state index is 12.7. The molecule has 6 aliphatic carbocycles. The Morgan fingerprint density at radius 1 is 0.615 bits per heavy atom. The van der Waals surface area contributed by atoms with E-state index in [1.165, 1.54) is 25.7 Å². The number of rotatable bonds is 12. The van der Waals surface area contributed by atoms with E-state index in [0.717, 1.165) is 25.7 Å². The highest BCUT2D eigenvalue weighted by molar-refractivity contribution is 5.96. The monoisotopic (exact) mass is 360 g/mol. The summed E-state index contributed by atoms with van der Waals surface area (Å²) in [6.07, 6.45) is 9.10. The van der Waals surface area contributed by atoms with Crippen LogP contribution in [0.5, 0.6) is 0 Å². The van der Waals surface area contributed by atoms with Crippen LogP contribution in [0.4, 0.5) is 0 Å². The highest BCUT2D eigenvalue weighted by Crippen LogP contribution is 3.10. The third-order valence-corrected chi connectivity index (χ3v) is 8.80. The van der Waals surface area contributed by atoms with Gasteiger partial charge in [-0.1, -0.05) is 52.4 Å². The first kappa shape index (κ1) is 17.1. The molecular formula is C22H32O4. The van der Waals surface area contributed by atoms with E-state index < -0.39 is 0 Å². The van der Waals surface area contributed by atoms with E-state index in [1.54, 1.807) is 0 Å². The Hall–Kier alpha value is -1.06. The number of hydrogen-bond donors (Lipinski definition) is 0. The van der Waals surface area contributed by atoms with Crippen LogP contribution in [0.15, 0.2) is 0 Å². The number of ether oxygens (including phenoxy) is 2. The van der Waals surface area contributed by atoms with Crippen LogP contribution >= 0.6 is 0 Å². The Morgan fingerprint density at radius 2 is 0.962 bits per heavy atom. The summed E-state index contributed by atoms with van der Waals surface area (Å²) in [5, 5.41) is 0. The molecule has 6 aliphatic rings. The zero-order chi connectivity index (χ0) is 18.1. The summed E-state index contributed by atoms with van der Waals surface area (Å²) in [7, 11) is 0. The van der Waals surface area contributed by atoms with E-state index >= 15 is 0 Å². The van der Waals surface area contributed by atoms with E-state index in [-0.39, 0.29) is 22.8 Å². The second-order valence-electron chi connectivity index (χ2n) is 9.41. The molecule has 6 rings (SSSR count). The lowest BCUT2D eigenvalue weighted by molar-refractivity contribution is -0.628. The molecule has 6 saturated carbocycles. The molecule has 0 aromatic carbocycles. The van der Waals surface area contributed by atoms with Crippen LogP contribution < -0.4 is 0 Å². The van der Waals surface area contributed by atoms with Gasteiger partial charge < -0.3 is 9.47 Å². The number of hydrogen-bond acceptors (Lipinski definition) is 4. The minimum absolute atomic E-state index is 0.0685. The van der Waals surface area contributed by atoms with Crippen molar-refractivity contribution in [3.05, 3.63) is 0 Å². The summed E-state index contributed by atoms with van der Waals surface area (Å²) in [6, 6.07) is 0. The van der Waals surface area contributed by atoms with Gasteiger partial charge in [-0.05, 0) is 48.3 Å². The average molecular weight is 360 g/mol. The van der Waals surface area contributed by atoms with Crippen molar-refractivity contribution in [1.29, 1.82) is 0 Å². The van der Waals surface area contributed by atoms with Crippen molar-refractivity contribution in [3.8, 4) is 0 Å². The molecule has 0 heterocycles. The normalized spacial score (nSPS) is 46.7. The fourth-order valence-corrected chi connectivity index (χ4v) is 7.98. The molecule has 0 unspecified atom stereocenters. The summed E-state index contributed by atoms with van der Waals surface area (Å²) < 4.78 is 11.3. The van der Waals surface area contributed by atoms with E-state index in [0.29, 0.717) is 48.7 Å². The molecular weight excluding hydrogens is 328 g/mol. The van der Waals surface area contributed by atoms with Gasteiger partial charge in [0.1, 0.15) is 0 Å². The van der Waals surface area contributed by atoms with Crippen molar-refractivity contribution in [1.82, 2.24) is 0 Å². The number of unbranched alkanes of at least 4 members (excludes halogenated alkanes) is 6. The topological polar surface area (TPSA) is 52.6 Å². The van der Waals surface area contributed by atoms with Crippen molar-refractivity contribution in [2.24, 2.45) is 46.3 Å². The van der Waals surface area contributed by atoms with Crippen LogP contribution in [0.1, 0.15) is 65.2 Å². The van der Waals surface area contributed by atoms with Gasteiger partial charge in [-0.25, -0.2) is 0 Å². The van der Waals surface area contributed by atoms with Gasteiger partial charge in [0.15, 0.2) is 0 Å². The van der Waals surface area contributed by atoms with Gasteiger partial charge in [-0.15, -0.1) is 0 Å². The summed E-state index contributed by atoms with van der Waals surface area (Å²) in [5.74, 6) is 2.88. The van der Waals surface area contributed by atoms with E-state index in [2.05, 4.69) is 13.8 Å². The van der Waals surface area contributed by atoms with E-state index in [9.17, 15) is 9.59 Å². The Bertz CT molecular complexity index is 516. The van der Waals surface area contributed by atoms with E-state index in [1.807, 2.05) is 0 Å². The minimum Gasteiger partial charge on any atom is -0.465 e. The SMILES string of the molecule is CCCCCCOC(=O)C12C3C4C1C1C2C3C41C(=O)OCCCCCC. The molecule has 0 spiro atoms. The quantitative estimate of drug-likeness (QED) is 0.390. The van der Waals surface area contributed by atoms with Gasteiger partial charge in [0, 0.05) is 0 Å². The summed E-state index contributed by atoms with van der Waals surface area (Å²) in [5.41, 5.74) is -0.290.